The fraction of sp³-hybridized carbons (Fsp3) is 0.143. The molecule has 2 aromatic rings. The standard InChI is InChI=1S/C14H12BrIN2O2/c1-8-11(16)4-6-13(17-8)18-14(19)9-3-5-12(20-2)10(15)7-9/h3-7H,1-2H3,(H,17,18,19). The SMILES string of the molecule is COc1ccc(C(=O)Nc2ccc(I)c(C)n2)cc1Br. The first kappa shape index (κ1) is 15.2. The molecule has 0 saturated carbocycles. The number of benzene rings is 1. The van der Waals surface area contributed by atoms with Crippen molar-refractivity contribution in [3.63, 3.8) is 0 Å². The molecule has 20 heavy (non-hydrogen) atoms. The van der Waals surface area contributed by atoms with Gasteiger partial charge in [0.25, 0.3) is 5.91 Å². The van der Waals surface area contributed by atoms with Gasteiger partial charge in [0, 0.05) is 9.13 Å². The van der Waals surface area contributed by atoms with Crippen LogP contribution < -0.4 is 10.1 Å². The van der Waals surface area contributed by atoms with Gasteiger partial charge in [0.1, 0.15) is 11.6 Å². The molecule has 0 saturated heterocycles. The van der Waals surface area contributed by atoms with Crippen molar-refractivity contribution in [1.82, 2.24) is 4.98 Å². The second-order valence-electron chi connectivity index (χ2n) is 4.07. The molecule has 1 aromatic carbocycles. The fourth-order valence-corrected chi connectivity index (χ4v) is 2.45. The van der Waals surface area contributed by atoms with Gasteiger partial charge in [0.05, 0.1) is 17.3 Å². The molecule has 0 atom stereocenters. The summed E-state index contributed by atoms with van der Waals surface area (Å²) >= 11 is 5.56. The van der Waals surface area contributed by atoms with Crippen molar-refractivity contribution >= 4 is 50.2 Å². The third kappa shape index (κ3) is 3.49. The number of nitrogens with zero attached hydrogens (tertiary/aromatic N) is 1. The Hall–Kier alpha value is -1.15. The largest absolute Gasteiger partial charge is 0.496 e. The summed E-state index contributed by atoms with van der Waals surface area (Å²) < 4.78 is 6.93. The van der Waals surface area contributed by atoms with E-state index in [1.54, 1.807) is 31.4 Å². The van der Waals surface area contributed by atoms with Gasteiger partial charge in [0.15, 0.2) is 0 Å². The number of carbonyl (C=O) groups is 1. The van der Waals surface area contributed by atoms with Gasteiger partial charge in [-0.15, -0.1) is 0 Å². The Morgan fingerprint density at radius 1 is 1.35 bits per heavy atom. The molecule has 0 aliphatic carbocycles. The van der Waals surface area contributed by atoms with Crippen molar-refractivity contribution in [2.24, 2.45) is 0 Å². The second-order valence-corrected chi connectivity index (χ2v) is 6.08. The predicted molar refractivity (Wildman–Crippen MR) is 90.3 cm³/mol. The van der Waals surface area contributed by atoms with Crippen molar-refractivity contribution in [2.75, 3.05) is 12.4 Å². The van der Waals surface area contributed by atoms with Crippen LogP contribution in [0.25, 0.3) is 0 Å². The minimum atomic E-state index is -0.207. The number of anilines is 1. The Morgan fingerprint density at radius 3 is 2.70 bits per heavy atom. The summed E-state index contributed by atoms with van der Waals surface area (Å²) in [7, 11) is 1.58. The van der Waals surface area contributed by atoms with Crippen molar-refractivity contribution in [1.29, 1.82) is 0 Å². The number of carbonyl (C=O) groups excluding carboxylic acids is 1. The van der Waals surface area contributed by atoms with Crippen LogP contribution in [0.2, 0.25) is 0 Å². The summed E-state index contributed by atoms with van der Waals surface area (Å²) in [5, 5.41) is 2.78. The number of amides is 1. The third-order valence-corrected chi connectivity index (χ3v) is 4.44. The molecule has 1 amide bonds. The minimum absolute atomic E-state index is 0.207. The average molecular weight is 447 g/mol. The monoisotopic (exact) mass is 446 g/mol. The summed E-state index contributed by atoms with van der Waals surface area (Å²) in [6.07, 6.45) is 0. The molecule has 1 aromatic heterocycles. The molecule has 2 rings (SSSR count). The fourth-order valence-electron chi connectivity index (χ4n) is 1.61. The van der Waals surface area contributed by atoms with Crippen LogP contribution >= 0.6 is 38.5 Å². The number of hydrogen-bond donors (Lipinski definition) is 1. The maximum atomic E-state index is 12.1. The molecule has 0 radical (unpaired) electrons. The molecule has 0 bridgehead atoms. The predicted octanol–water partition coefficient (Wildman–Crippen LogP) is 4.02. The Bertz CT molecular complexity index is 662. The number of nitrogens with one attached hydrogen (secondary N) is 1. The Morgan fingerprint density at radius 2 is 2.10 bits per heavy atom. The lowest BCUT2D eigenvalue weighted by Crippen LogP contribution is -2.13. The first-order valence-corrected chi connectivity index (χ1v) is 7.66. The number of hydrogen-bond acceptors (Lipinski definition) is 3. The first-order valence-electron chi connectivity index (χ1n) is 5.79. The van der Waals surface area contributed by atoms with E-state index in [-0.39, 0.29) is 5.91 Å². The molecule has 0 unspecified atom stereocenters. The van der Waals surface area contributed by atoms with E-state index in [9.17, 15) is 4.79 Å². The Balaban J connectivity index is 2.19. The van der Waals surface area contributed by atoms with Gasteiger partial charge >= 0.3 is 0 Å². The van der Waals surface area contributed by atoms with Gasteiger partial charge in [-0.05, 0) is 75.8 Å². The number of halogens is 2. The average Bonchev–Trinajstić information content (AvgIpc) is 2.42. The number of methoxy groups -OCH3 is 1. The lowest BCUT2D eigenvalue weighted by atomic mass is 10.2. The van der Waals surface area contributed by atoms with E-state index in [1.165, 1.54) is 0 Å². The maximum Gasteiger partial charge on any atom is 0.256 e. The van der Waals surface area contributed by atoms with Crippen LogP contribution in [0.1, 0.15) is 16.1 Å². The summed E-state index contributed by atoms with van der Waals surface area (Å²) in [5.41, 5.74) is 1.43. The number of aromatic nitrogens is 1. The lowest BCUT2D eigenvalue weighted by Gasteiger charge is -2.08. The van der Waals surface area contributed by atoms with Gasteiger partial charge in [-0.2, -0.15) is 0 Å². The van der Waals surface area contributed by atoms with Crippen LogP contribution in [0.15, 0.2) is 34.8 Å². The van der Waals surface area contributed by atoms with Gasteiger partial charge in [0.2, 0.25) is 0 Å². The van der Waals surface area contributed by atoms with Crippen molar-refractivity contribution < 1.29 is 9.53 Å². The smallest absolute Gasteiger partial charge is 0.256 e. The van der Waals surface area contributed by atoms with Gasteiger partial charge in [-0.3, -0.25) is 4.79 Å². The molecule has 0 spiro atoms. The topological polar surface area (TPSA) is 51.2 Å². The maximum absolute atomic E-state index is 12.1. The zero-order chi connectivity index (χ0) is 14.7. The lowest BCUT2D eigenvalue weighted by molar-refractivity contribution is 0.102. The van der Waals surface area contributed by atoms with Gasteiger partial charge in [-0.1, -0.05) is 0 Å². The number of rotatable bonds is 3. The zero-order valence-electron chi connectivity index (χ0n) is 10.9. The Labute approximate surface area is 139 Å². The summed E-state index contributed by atoms with van der Waals surface area (Å²) in [6, 6.07) is 8.87. The number of ether oxygens (including phenoxy) is 1. The van der Waals surface area contributed by atoms with E-state index in [4.69, 9.17) is 4.74 Å². The first-order chi connectivity index (χ1) is 9.51. The van der Waals surface area contributed by atoms with E-state index >= 15 is 0 Å². The molecule has 0 aliphatic rings. The van der Waals surface area contributed by atoms with Gasteiger partial charge < -0.3 is 10.1 Å². The van der Waals surface area contributed by atoms with Crippen LogP contribution in [0, 0.1) is 10.5 Å². The van der Waals surface area contributed by atoms with Crippen LogP contribution in [0.4, 0.5) is 5.82 Å². The molecule has 1 N–H and O–H groups in total. The molecular weight excluding hydrogens is 435 g/mol. The van der Waals surface area contributed by atoms with Crippen LogP contribution in [-0.4, -0.2) is 18.0 Å². The summed E-state index contributed by atoms with van der Waals surface area (Å²) in [6.45, 7) is 1.90. The molecule has 4 nitrogen and oxygen atoms in total. The number of pyridine rings is 1. The zero-order valence-corrected chi connectivity index (χ0v) is 14.6. The van der Waals surface area contributed by atoms with Crippen LogP contribution in [-0.2, 0) is 0 Å². The highest BCUT2D eigenvalue weighted by molar-refractivity contribution is 14.1. The van der Waals surface area contributed by atoms with E-state index in [0.29, 0.717) is 17.1 Å². The van der Waals surface area contributed by atoms with E-state index < -0.39 is 0 Å². The molecule has 0 fully saturated rings. The van der Waals surface area contributed by atoms with Crippen LogP contribution in [0.3, 0.4) is 0 Å². The third-order valence-electron chi connectivity index (χ3n) is 2.68. The van der Waals surface area contributed by atoms with E-state index in [1.807, 2.05) is 13.0 Å². The number of aryl methyl sites for hydroxylation is 1. The van der Waals surface area contributed by atoms with Crippen molar-refractivity contribution in [3.05, 3.63) is 49.6 Å². The Kier molecular flexibility index (Phi) is 4.98. The van der Waals surface area contributed by atoms with Crippen LogP contribution in [0.5, 0.6) is 5.75 Å². The normalized spacial score (nSPS) is 10.2. The highest BCUT2D eigenvalue weighted by atomic mass is 127. The summed E-state index contributed by atoms with van der Waals surface area (Å²) in [4.78, 5) is 16.5. The molecule has 1 heterocycles. The molecular formula is C14H12BrIN2O2. The van der Waals surface area contributed by atoms with Crippen molar-refractivity contribution in [2.45, 2.75) is 6.92 Å². The van der Waals surface area contributed by atoms with Crippen molar-refractivity contribution in [3.8, 4) is 5.75 Å². The minimum Gasteiger partial charge on any atom is -0.496 e. The quantitative estimate of drug-likeness (QED) is 0.724. The second kappa shape index (κ2) is 6.53. The summed E-state index contributed by atoms with van der Waals surface area (Å²) in [5.74, 6) is 1.02. The van der Waals surface area contributed by atoms with E-state index in [2.05, 4.69) is 48.8 Å². The highest BCUT2D eigenvalue weighted by Crippen LogP contribution is 2.25. The van der Waals surface area contributed by atoms with Gasteiger partial charge in [-0.25, -0.2) is 4.98 Å². The molecule has 0 aliphatic heterocycles. The van der Waals surface area contributed by atoms with E-state index in [0.717, 1.165) is 13.7 Å². The highest BCUT2D eigenvalue weighted by Gasteiger charge is 2.10. The molecule has 104 valence electrons. The molecule has 6 heteroatoms.